The van der Waals surface area contributed by atoms with Crippen molar-refractivity contribution < 1.29 is 22.0 Å². The van der Waals surface area contributed by atoms with E-state index in [4.69, 9.17) is 8.83 Å². The predicted molar refractivity (Wildman–Crippen MR) is 95.4 cm³/mol. The zero-order valence-electron chi connectivity index (χ0n) is 13.6. The van der Waals surface area contributed by atoms with Crippen molar-refractivity contribution in [3.8, 4) is 11.5 Å². The van der Waals surface area contributed by atoms with Gasteiger partial charge >= 0.3 is 0 Å². The number of fused-ring (bicyclic) bond motifs is 2. The Morgan fingerprint density at radius 2 is 1.56 bits per heavy atom. The number of sulfone groups is 1. The van der Waals surface area contributed by atoms with Crippen LogP contribution >= 0.6 is 0 Å². The zero-order chi connectivity index (χ0) is 18.6. The molecular weight excluding hydrogens is 368 g/mol. The monoisotopic (exact) mass is 378 g/mol. The third-order valence-electron chi connectivity index (χ3n) is 4.20. The molecule has 0 amide bonds. The van der Waals surface area contributed by atoms with E-state index in [1.165, 1.54) is 12.1 Å². The van der Waals surface area contributed by atoms with Gasteiger partial charge in [0.05, 0.1) is 4.90 Å². The first-order valence-electron chi connectivity index (χ1n) is 7.97. The topological polar surface area (TPSA) is 103 Å². The molecule has 0 bridgehead atoms. The maximum absolute atomic E-state index is 12.6. The summed E-state index contributed by atoms with van der Waals surface area (Å²) in [4.78, 5) is 20.4. The molecule has 0 unspecified atom stereocenters. The third-order valence-corrected chi connectivity index (χ3v) is 6.02. The van der Waals surface area contributed by atoms with E-state index in [0.29, 0.717) is 5.89 Å². The van der Waals surface area contributed by atoms with Gasteiger partial charge in [-0.1, -0.05) is 30.3 Å². The Balaban J connectivity index is 1.57. The van der Waals surface area contributed by atoms with E-state index in [1.807, 2.05) is 30.3 Å². The fourth-order valence-corrected chi connectivity index (χ4v) is 4.50. The van der Waals surface area contributed by atoms with Crippen molar-refractivity contribution in [1.29, 1.82) is 0 Å². The lowest BCUT2D eigenvalue weighted by atomic mass is 10.1. The van der Waals surface area contributed by atoms with Crippen LogP contribution in [0.4, 0.5) is 0 Å². The van der Waals surface area contributed by atoms with Gasteiger partial charge in [0.25, 0.3) is 11.4 Å². The fraction of sp³-hybridized carbons (Fsp3) is 0. The van der Waals surface area contributed by atoms with Crippen LogP contribution in [0.2, 0.25) is 0 Å². The van der Waals surface area contributed by atoms with E-state index in [0.717, 1.165) is 11.6 Å². The van der Waals surface area contributed by atoms with Crippen molar-refractivity contribution in [3.05, 3.63) is 71.0 Å². The Kier molecular flexibility index (Phi) is 3.19. The highest BCUT2D eigenvalue weighted by Gasteiger charge is 2.39. The van der Waals surface area contributed by atoms with Gasteiger partial charge in [0.15, 0.2) is 0 Å². The van der Waals surface area contributed by atoms with E-state index < -0.39 is 15.6 Å². The number of aromatic nitrogens is 2. The van der Waals surface area contributed by atoms with Gasteiger partial charge in [-0.15, -0.1) is 0 Å². The lowest BCUT2D eigenvalue weighted by Crippen LogP contribution is -2.02. The average molecular weight is 378 g/mol. The fourth-order valence-electron chi connectivity index (χ4n) is 2.94. The number of ketones is 1. The Labute approximate surface area is 152 Å². The number of hydrogen-bond acceptors (Lipinski definition) is 7. The van der Waals surface area contributed by atoms with Gasteiger partial charge in [0.2, 0.25) is 27.4 Å². The summed E-state index contributed by atoms with van der Waals surface area (Å²) in [6.45, 7) is 0. The number of nitrogens with zero attached hydrogens (tertiary/aromatic N) is 2. The van der Waals surface area contributed by atoms with E-state index in [1.54, 1.807) is 12.1 Å². The summed E-state index contributed by atoms with van der Waals surface area (Å²) in [5.41, 5.74) is 1.15. The van der Waals surface area contributed by atoms with Crippen LogP contribution < -0.4 is 0 Å². The predicted octanol–water partition coefficient (Wildman–Crippen LogP) is 3.49. The van der Waals surface area contributed by atoms with Gasteiger partial charge < -0.3 is 8.83 Å². The highest BCUT2D eigenvalue weighted by atomic mass is 32.2. The van der Waals surface area contributed by atoms with Crippen LogP contribution in [-0.4, -0.2) is 24.2 Å². The molecule has 2 aromatic carbocycles. The molecule has 7 nitrogen and oxygen atoms in total. The number of oxazole rings is 2. The summed E-state index contributed by atoms with van der Waals surface area (Å²) >= 11 is 0. The summed E-state index contributed by atoms with van der Waals surface area (Å²) in [5.74, 6) is -0.304. The quantitative estimate of drug-likeness (QED) is 0.492. The molecule has 1 aliphatic rings. The van der Waals surface area contributed by atoms with Gasteiger partial charge in [-0.05, 0) is 24.3 Å². The summed E-state index contributed by atoms with van der Waals surface area (Å²) in [7, 11) is -3.90. The molecule has 0 saturated carbocycles. The maximum Gasteiger partial charge on any atom is 0.288 e. The first kappa shape index (κ1) is 15.7. The summed E-state index contributed by atoms with van der Waals surface area (Å²) in [6.07, 6.45) is 1.11. The van der Waals surface area contributed by atoms with Crippen molar-refractivity contribution in [2.45, 2.75) is 4.90 Å². The molecule has 0 radical (unpaired) electrons. The van der Waals surface area contributed by atoms with Crippen LogP contribution in [-0.2, 0) is 9.84 Å². The molecule has 0 spiro atoms. The van der Waals surface area contributed by atoms with Crippen molar-refractivity contribution in [2.75, 3.05) is 0 Å². The van der Waals surface area contributed by atoms with Crippen LogP contribution in [0.5, 0.6) is 0 Å². The first-order valence-corrected chi connectivity index (χ1v) is 9.46. The van der Waals surface area contributed by atoms with Crippen molar-refractivity contribution >= 4 is 33.1 Å². The van der Waals surface area contributed by atoms with Crippen LogP contribution in [0, 0.1) is 0 Å². The number of rotatable bonds is 2. The minimum atomic E-state index is -3.90. The van der Waals surface area contributed by atoms with Gasteiger partial charge in [0, 0.05) is 17.2 Å². The molecule has 27 heavy (non-hydrogen) atoms. The highest BCUT2D eigenvalue weighted by Crippen LogP contribution is 2.35. The van der Waals surface area contributed by atoms with Crippen LogP contribution in [0.25, 0.3) is 29.0 Å². The lowest BCUT2D eigenvalue weighted by Gasteiger charge is -1.95. The first-order chi connectivity index (χ1) is 13.0. The largest absolute Gasteiger partial charge is 0.415 e. The smallest absolute Gasteiger partial charge is 0.288 e. The molecule has 8 heteroatoms. The average Bonchev–Trinajstić information content (AvgIpc) is 3.29. The maximum atomic E-state index is 12.6. The third kappa shape index (κ3) is 2.34. The van der Waals surface area contributed by atoms with Crippen molar-refractivity contribution in [1.82, 2.24) is 9.97 Å². The van der Waals surface area contributed by atoms with E-state index >= 15 is 0 Å². The molecule has 0 aliphatic carbocycles. The Bertz CT molecular complexity index is 1320. The molecule has 2 aromatic heterocycles. The Hall–Kier alpha value is -3.52. The van der Waals surface area contributed by atoms with E-state index in [9.17, 15) is 13.2 Å². The zero-order valence-corrected chi connectivity index (χ0v) is 14.4. The summed E-state index contributed by atoms with van der Waals surface area (Å²) in [5, 5.41) is 0. The van der Waals surface area contributed by atoms with Gasteiger partial charge in [-0.3, -0.25) is 4.79 Å². The summed E-state index contributed by atoms with van der Waals surface area (Å²) in [6, 6.07) is 15.3. The second-order valence-electron chi connectivity index (χ2n) is 5.88. The molecule has 0 fully saturated rings. The van der Waals surface area contributed by atoms with Crippen LogP contribution in [0.3, 0.4) is 0 Å². The standard InChI is InChI=1S/C19H10N2O5S/c22-16-12-8-4-5-9-13(12)27(23,24)14(16)10-15-20-18-19(25-15)21-17(26-18)11-6-2-1-3-7-11/h1-10H/b14-10+. The Morgan fingerprint density at radius 3 is 2.30 bits per heavy atom. The Morgan fingerprint density at radius 1 is 0.852 bits per heavy atom. The number of benzene rings is 2. The normalized spacial score (nSPS) is 16.9. The molecule has 5 rings (SSSR count). The molecule has 0 saturated heterocycles. The molecule has 132 valence electrons. The minimum Gasteiger partial charge on any atom is -0.415 e. The minimum absolute atomic E-state index is 0.0130. The van der Waals surface area contributed by atoms with Gasteiger partial charge in [-0.25, -0.2) is 8.42 Å². The lowest BCUT2D eigenvalue weighted by molar-refractivity contribution is 0.104. The molecule has 0 atom stereocenters. The second kappa shape index (κ2) is 5.49. The second-order valence-corrected chi connectivity index (χ2v) is 7.77. The number of allylic oxidation sites excluding steroid dienone is 1. The molecule has 1 aliphatic heterocycles. The van der Waals surface area contributed by atoms with Gasteiger partial charge in [0.1, 0.15) is 4.91 Å². The number of carbonyl (C=O) groups is 1. The molecule has 3 heterocycles. The highest BCUT2D eigenvalue weighted by molar-refractivity contribution is 7.97. The molecular formula is C19H10N2O5S. The number of Topliss-reactive ketones (excluding diaryl/α,β-unsaturated/α-hetero) is 1. The van der Waals surface area contributed by atoms with Crippen molar-refractivity contribution in [3.63, 3.8) is 0 Å². The molecule has 0 N–H and O–H groups in total. The number of hydrogen-bond donors (Lipinski definition) is 0. The summed E-state index contributed by atoms with van der Waals surface area (Å²) < 4.78 is 36.2. The number of carbonyl (C=O) groups excluding carboxylic acids is 1. The van der Waals surface area contributed by atoms with Crippen molar-refractivity contribution in [2.24, 2.45) is 0 Å². The van der Waals surface area contributed by atoms with E-state index in [-0.39, 0.29) is 32.7 Å². The van der Waals surface area contributed by atoms with Gasteiger partial charge in [-0.2, -0.15) is 9.97 Å². The van der Waals surface area contributed by atoms with E-state index in [2.05, 4.69) is 9.97 Å². The van der Waals surface area contributed by atoms with Crippen LogP contribution in [0.1, 0.15) is 16.2 Å². The van der Waals surface area contributed by atoms with Crippen LogP contribution in [0.15, 0.2) is 73.2 Å². The SMILES string of the molecule is O=C1/C(=C\c2nc3oc(-c4ccccc4)nc3o2)S(=O)(=O)c2ccccc21. The molecule has 4 aromatic rings.